The molecule has 3 N–H and O–H groups in total. The number of aromatic amines is 1. The van der Waals surface area contributed by atoms with E-state index in [0.717, 1.165) is 4.68 Å². The van der Waals surface area contributed by atoms with Gasteiger partial charge >= 0.3 is 5.69 Å². The molecule has 1 aliphatic rings. The van der Waals surface area contributed by atoms with Crippen LogP contribution in [0.25, 0.3) is 0 Å². The zero-order chi connectivity index (χ0) is 12.6. The molecular weight excluding hydrogens is 230 g/mol. The molecule has 0 unspecified atom stereocenters. The summed E-state index contributed by atoms with van der Waals surface area (Å²) >= 11 is 0. The number of aryl methyl sites for hydroxylation is 1. The summed E-state index contributed by atoms with van der Waals surface area (Å²) in [6.07, 6.45) is -2.22. The minimum absolute atomic E-state index is 0.134. The van der Waals surface area contributed by atoms with E-state index in [4.69, 9.17) is 9.84 Å². The van der Waals surface area contributed by atoms with Gasteiger partial charge in [0.15, 0.2) is 6.23 Å². The van der Waals surface area contributed by atoms with E-state index in [0.29, 0.717) is 0 Å². The Morgan fingerprint density at radius 1 is 1.59 bits per heavy atom. The summed E-state index contributed by atoms with van der Waals surface area (Å²) in [7, 11) is 0. The van der Waals surface area contributed by atoms with Crippen LogP contribution in [0, 0.1) is 6.92 Å². The van der Waals surface area contributed by atoms with E-state index in [1.54, 1.807) is 0 Å². The number of ether oxygens (including phenoxy) is 1. The van der Waals surface area contributed by atoms with Crippen LogP contribution in [0.2, 0.25) is 0 Å². The number of rotatable bonds is 2. The van der Waals surface area contributed by atoms with Crippen LogP contribution >= 0.6 is 0 Å². The van der Waals surface area contributed by atoms with Gasteiger partial charge in [-0.3, -0.25) is 9.78 Å². The number of aliphatic hydroxyl groups is 2. The van der Waals surface area contributed by atoms with Crippen molar-refractivity contribution in [3.05, 3.63) is 26.5 Å². The lowest BCUT2D eigenvalue weighted by Crippen LogP contribution is -2.36. The average molecular weight is 243 g/mol. The summed E-state index contributed by atoms with van der Waals surface area (Å²) < 4.78 is 6.23. The Hall–Kier alpha value is -1.51. The molecule has 0 spiro atoms. The number of H-pyrrole nitrogens is 1. The first-order chi connectivity index (χ1) is 8.02. The molecule has 94 valence electrons. The fourth-order valence-electron chi connectivity index (χ4n) is 1.72. The fraction of sp³-hybridized carbons (Fsp3) is 0.667. The largest absolute Gasteiger partial charge is 0.394 e. The molecule has 17 heavy (non-hydrogen) atoms. The lowest BCUT2D eigenvalue weighted by molar-refractivity contribution is -0.0508. The van der Waals surface area contributed by atoms with Gasteiger partial charge in [-0.25, -0.2) is 4.79 Å². The zero-order valence-corrected chi connectivity index (χ0v) is 9.16. The van der Waals surface area contributed by atoms with Crippen molar-refractivity contribution in [3.8, 4) is 0 Å². The van der Waals surface area contributed by atoms with Crippen LogP contribution in [0.5, 0.6) is 0 Å². The molecule has 8 heteroatoms. The second kappa shape index (κ2) is 4.40. The van der Waals surface area contributed by atoms with Crippen LogP contribution in [-0.2, 0) is 4.74 Å². The standard InChI is InChI=1S/C9H13N3O5/c1-4-8(15)10-9(16)12(11-4)7-2-5(14)6(3-13)17-7/h5-7,13-14H,2-3H2,1H3,(H,10,15,16)/t5-,6+,7+/m1/s1. The Balaban J connectivity index is 2.34. The van der Waals surface area contributed by atoms with Crippen LogP contribution in [0.15, 0.2) is 9.59 Å². The maximum atomic E-state index is 11.5. The van der Waals surface area contributed by atoms with E-state index in [2.05, 4.69) is 10.1 Å². The molecule has 3 atom stereocenters. The van der Waals surface area contributed by atoms with E-state index in [-0.39, 0.29) is 18.7 Å². The minimum atomic E-state index is -0.856. The molecular formula is C9H13N3O5. The third-order valence-corrected chi connectivity index (χ3v) is 2.67. The predicted molar refractivity (Wildman–Crippen MR) is 55.5 cm³/mol. The van der Waals surface area contributed by atoms with Crippen molar-refractivity contribution in [2.45, 2.75) is 31.8 Å². The smallest absolute Gasteiger partial charge is 0.347 e. The number of aliphatic hydroxyl groups excluding tert-OH is 2. The Morgan fingerprint density at radius 3 is 2.88 bits per heavy atom. The first-order valence-corrected chi connectivity index (χ1v) is 5.17. The highest BCUT2D eigenvalue weighted by Gasteiger charge is 2.35. The van der Waals surface area contributed by atoms with Crippen molar-refractivity contribution in [2.24, 2.45) is 0 Å². The highest BCUT2D eigenvalue weighted by atomic mass is 16.5. The van der Waals surface area contributed by atoms with Gasteiger partial charge < -0.3 is 14.9 Å². The van der Waals surface area contributed by atoms with Crippen molar-refractivity contribution in [2.75, 3.05) is 6.61 Å². The van der Waals surface area contributed by atoms with Gasteiger partial charge in [0.25, 0.3) is 5.56 Å². The Bertz CT molecular complexity index is 522. The molecule has 2 rings (SSSR count). The molecule has 1 fully saturated rings. The van der Waals surface area contributed by atoms with E-state index in [9.17, 15) is 14.7 Å². The summed E-state index contributed by atoms with van der Waals surface area (Å²) in [6.45, 7) is 1.12. The highest BCUT2D eigenvalue weighted by molar-refractivity contribution is 4.89. The van der Waals surface area contributed by atoms with Crippen molar-refractivity contribution in [1.29, 1.82) is 0 Å². The van der Waals surface area contributed by atoms with Gasteiger partial charge in [-0.05, 0) is 6.92 Å². The molecule has 1 saturated heterocycles. The van der Waals surface area contributed by atoms with Crippen LogP contribution < -0.4 is 11.2 Å². The number of aromatic nitrogens is 3. The predicted octanol–water partition coefficient (Wildman–Crippen LogP) is -2.12. The van der Waals surface area contributed by atoms with E-state index >= 15 is 0 Å². The van der Waals surface area contributed by atoms with Crippen LogP contribution in [0.3, 0.4) is 0 Å². The molecule has 0 amide bonds. The number of hydrogen-bond acceptors (Lipinski definition) is 6. The first-order valence-electron chi connectivity index (χ1n) is 5.17. The van der Waals surface area contributed by atoms with Crippen molar-refractivity contribution in [3.63, 3.8) is 0 Å². The third-order valence-electron chi connectivity index (χ3n) is 2.67. The van der Waals surface area contributed by atoms with Crippen molar-refractivity contribution in [1.82, 2.24) is 14.8 Å². The van der Waals surface area contributed by atoms with Crippen LogP contribution in [0.4, 0.5) is 0 Å². The average Bonchev–Trinajstić information content (AvgIpc) is 2.65. The molecule has 0 aliphatic carbocycles. The summed E-state index contributed by atoms with van der Waals surface area (Å²) in [5.41, 5.74) is -1.12. The molecule has 0 radical (unpaired) electrons. The molecule has 0 aromatic carbocycles. The monoisotopic (exact) mass is 243 g/mol. The van der Waals surface area contributed by atoms with E-state index in [1.807, 2.05) is 0 Å². The number of nitrogens with one attached hydrogen (secondary N) is 1. The lowest BCUT2D eigenvalue weighted by Gasteiger charge is -2.13. The van der Waals surface area contributed by atoms with Gasteiger partial charge in [0.2, 0.25) is 0 Å². The molecule has 1 aromatic heterocycles. The summed E-state index contributed by atoms with van der Waals surface area (Å²) in [4.78, 5) is 24.7. The highest BCUT2D eigenvalue weighted by Crippen LogP contribution is 2.26. The second-order valence-electron chi connectivity index (χ2n) is 3.90. The fourth-order valence-corrected chi connectivity index (χ4v) is 1.72. The molecule has 2 heterocycles. The van der Waals surface area contributed by atoms with Gasteiger partial charge in [-0.15, -0.1) is 0 Å². The van der Waals surface area contributed by atoms with Crippen LogP contribution in [-0.4, -0.2) is 43.8 Å². The van der Waals surface area contributed by atoms with Crippen LogP contribution in [0.1, 0.15) is 18.3 Å². The van der Waals surface area contributed by atoms with Gasteiger partial charge in [0.1, 0.15) is 11.8 Å². The molecule has 1 aliphatic heterocycles. The van der Waals surface area contributed by atoms with Gasteiger partial charge in [-0.1, -0.05) is 0 Å². The number of nitrogens with zero attached hydrogens (tertiary/aromatic N) is 2. The zero-order valence-electron chi connectivity index (χ0n) is 9.16. The summed E-state index contributed by atoms with van der Waals surface area (Å²) in [5, 5.41) is 22.3. The minimum Gasteiger partial charge on any atom is -0.394 e. The molecule has 1 aromatic rings. The maximum Gasteiger partial charge on any atom is 0.347 e. The normalized spacial score (nSPS) is 28.5. The van der Waals surface area contributed by atoms with Gasteiger partial charge in [0, 0.05) is 6.42 Å². The Kier molecular flexibility index (Phi) is 3.09. The third kappa shape index (κ3) is 2.14. The molecule has 0 saturated carbocycles. The van der Waals surface area contributed by atoms with E-state index in [1.165, 1.54) is 6.92 Å². The topological polar surface area (TPSA) is 117 Å². The Labute approximate surface area is 95.5 Å². The first kappa shape index (κ1) is 12.0. The van der Waals surface area contributed by atoms with E-state index < -0.39 is 29.7 Å². The molecule has 0 bridgehead atoms. The summed E-state index contributed by atoms with van der Waals surface area (Å²) in [6, 6.07) is 0. The SMILES string of the molecule is Cc1nn([C@@H]2C[C@@H](O)[C@H](CO)O2)c(=O)[nH]c1=O. The summed E-state index contributed by atoms with van der Waals surface area (Å²) in [5.74, 6) is 0. The van der Waals surface area contributed by atoms with Gasteiger partial charge in [0.05, 0.1) is 12.7 Å². The molecule has 8 nitrogen and oxygen atoms in total. The Morgan fingerprint density at radius 2 is 2.29 bits per heavy atom. The van der Waals surface area contributed by atoms with Gasteiger partial charge in [-0.2, -0.15) is 9.78 Å². The maximum absolute atomic E-state index is 11.5. The van der Waals surface area contributed by atoms with Crippen molar-refractivity contribution < 1.29 is 14.9 Å². The second-order valence-corrected chi connectivity index (χ2v) is 3.90. The van der Waals surface area contributed by atoms with Crippen molar-refractivity contribution >= 4 is 0 Å². The number of hydrogen-bond donors (Lipinski definition) is 3. The quantitative estimate of drug-likeness (QED) is 0.546. The lowest BCUT2D eigenvalue weighted by atomic mass is 10.2.